The van der Waals surface area contributed by atoms with E-state index in [1.807, 2.05) is 6.07 Å². The molecule has 0 spiro atoms. The molecule has 0 unspecified atom stereocenters. The molecular weight excluding hydrogens is 550 g/mol. The number of halogens is 2. The predicted molar refractivity (Wildman–Crippen MR) is 146 cm³/mol. The summed E-state index contributed by atoms with van der Waals surface area (Å²) in [6.45, 7) is 0.324. The van der Waals surface area contributed by atoms with Crippen LogP contribution < -0.4 is 29.6 Å². The van der Waals surface area contributed by atoms with Gasteiger partial charge in [-0.1, -0.05) is 0 Å². The Hall–Kier alpha value is -5.44. The van der Waals surface area contributed by atoms with Crippen molar-refractivity contribution in [1.29, 1.82) is 5.26 Å². The van der Waals surface area contributed by atoms with Gasteiger partial charge < -0.3 is 29.6 Å². The van der Waals surface area contributed by atoms with E-state index in [4.69, 9.17) is 24.2 Å². The van der Waals surface area contributed by atoms with Crippen LogP contribution in [0.25, 0.3) is 10.9 Å². The van der Waals surface area contributed by atoms with E-state index < -0.39 is 28.9 Å². The number of nitriles is 1. The molecule has 6 rings (SSSR count). The fourth-order valence-electron chi connectivity index (χ4n) is 4.57. The molecule has 12 heteroatoms. The molecule has 2 N–H and O–H groups in total. The Morgan fingerprint density at radius 1 is 0.905 bits per heavy atom. The van der Waals surface area contributed by atoms with E-state index in [1.165, 1.54) is 42.6 Å². The Labute approximate surface area is 237 Å². The van der Waals surface area contributed by atoms with E-state index in [-0.39, 0.29) is 48.5 Å². The van der Waals surface area contributed by atoms with Gasteiger partial charge in [0.15, 0.2) is 29.7 Å². The van der Waals surface area contributed by atoms with Crippen molar-refractivity contribution in [2.45, 2.75) is 12.8 Å². The second-order valence-electron chi connectivity index (χ2n) is 9.62. The van der Waals surface area contributed by atoms with E-state index in [2.05, 4.69) is 15.6 Å². The molecule has 2 heterocycles. The van der Waals surface area contributed by atoms with Crippen molar-refractivity contribution in [3.8, 4) is 34.8 Å². The number of anilines is 2. The number of pyridine rings is 1. The SMILES string of the molecule is N#CCOc1cc2nccc(Oc3ccc(NC(=O)C4(C(=O)Nc5ccc(F)cc5)CC4)cc3F)c2c2c1OCCO2. The minimum absolute atomic E-state index is 0.133. The van der Waals surface area contributed by atoms with Gasteiger partial charge in [-0.25, -0.2) is 8.78 Å². The van der Waals surface area contributed by atoms with E-state index in [0.29, 0.717) is 35.2 Å². The summed E-state index contributed by atoms with van der Waals surface area (Å²) in [5.74, 6) is -1.33. The molecule has 0 saturated heterocycles. The van der Waals surface area contributed by atoms with Crippen molar-refractivity contribution in [3.63, 3.8) is 0 Å². The average Bonchev–Trinajstić information content (AvgIpc) is 3.81. The molecule has 42 heavy (non-hydrogen) atoms. The second kappa shape index (κ2) is 10.9. The number of fused-ring (bicyclic) bond motifs is 3. The van der Waals surface area contributed by atoms with Crippen molar-refractivity contribution < 1.29 is 37.3 Å². The summed E-state index contributed by atoms with van der Waals surface area (Å²) in [4.78, 5) is 30.1. The number of nitrogens with one attached hydrogen (secondary N) is 2. The van der Waals surface area contributed by atoms with Gasteiger partial charge in [-0.2, -0.15) is 5.26 Å². The number of aromatic nitrogens is 1. The fraction of sp³-hybridized carbons (Fsp3) is 0.200. The monoisotopic (exact) mass is 572 g/mol. The lowest BCUT2D eigenvalue weighted by atomic mass is 10.0. The minimum Gasteiger partial charge on any atom is -0.485 e. The number of carbonyl (C=O) groups excluding carboxylic acids is 2. The molecule has 2 amide bonds. The number of rotatable bonds is 8. The smallest absolute Gasteiger partial charge is 0.240 e. The first-order valence-corrected chi connectivity index (χ1v) is 12.9. The number of benzene rings is 3. The predicted octanol–water partition coefficient (Wildman–Crippen LogP) is 5.34. The highest BCUT2D eigenvalue weighted by Crippen LogP contribution is 2.49. The first-order chi connectivity index (χ1) is 20.4. The highest BCUT2D eigenvalue weighted by molar-refractivity contribution is 6.16. The molecule has 1 aliphatic carbocycles. The van der Waals surface area contributed by atoms with Gasteiger partial charge in [-0.3, -0.25) is 14.6 Å². The fourth-order valence-corrected chi connectivity index (χ4v) is 4.57. The molecule has 3 aromatic carbocycles. The van der Waals surface area contributed by atoms with Gasteiger partial charge in [-0.05, 0) is 55.3 Å². The van der Waals surface area contributed by atoms with Gasteiger partial charge in [-0.15, -0.1) is 0 Å². The molecule has 4 aromatic rings. The quantitative estimate of drug-likeness (QED) is 0.271. The standard InChI is InChI=1S/C30H22F2N4O6/c31-17-1-3-18(4-2-17)35-28(37)30(8-9-30)29(38)36-19-5-6-22(20(32)15-19)42-23-7-11-34-21-16-24(39-12-10-33)26-27(25(21)23)41-14-13-40-26/h1-7,11,15-16H,8-9,12-14H2,(H,35,37)(H,36,38). The van der Waals surface area contributed by atoms with Crippen molar-refractivity contribution in [3.05, 3.63) is 72.4 Å². The minimum atomic E-state index is -1.30. The largest absolute Gasteiger partial charge is 0.485 e. The third-order valence-corrected chi connectivity index (χ3v) is 6.87. The van der Waals surface area contributed by atoms with Crippen LogP contribution >= 0.6 is 0 Å². The highest BCUT2D eigenvalue weighted by atomic mass is 19.1. The number of ether oxygens (including phenoxy) is 4. The van der Waals surface area contributed by atoms with Crippen LogP contribution in [-0.2, 0) is 9.59 Å². The Morgan fingerprint density at radius 2 is 1.60 bits per heavy atom. The number of amides is 2. The maximum Gasteiger partial charge on any atom is 0.240 e. The van der Waals surface area contributed by atoms with Crippen LogP contribution in [0.4, 0.5) is 20.2 Å². The summed E-state index contributed by atoms with van der Waals surface area (Å²) >= 11 is 0. The molecule has 1 aliphatic heterocycles. The lowest BCUT2D eigenvalue weighted by Crippen LogP contribution is -2.35. The Balaban J connectivity index is 1.21. The van der Waals surface area contributed by atoms with Crippen LogP contribution in [0.2, 0.25) is 0 Å². The van der Waals surface area contributed by atoms with Crippen LogP contribution in [0, 0.1) is 28.4 Å². The first kappa shape index (κ1) is 26.8. The second-order valence-corrected chi connectivity index (χ2v) is 9.62. The Kier molecular flexibility index (Phi) is 6.92. The molecule has 1 saturated carbocycles. The number of hydrogen-bond acceptors (Lipinski definition) is 8. The molecule has 10 nitrogen and oxygen atoms in total. The molecule has 0 atom stereocenters. The summed E-state index contributed by atoms with van der Waals surface area (Å²) in [6.07, 6.45) is 2.12. The number of carbonyl (C=O) groups is 2. The zero-order valence-corrected chi connectivity index (χ0v) is 21.9. The summed E-state index contributed by atoms with van der Waals surface area (Å²) < 4.78 is 51.3. The first-order valence-electron chi connectivity index (χ1n) is 12.9. The van der Waals surface area contributed by atoms with E-state index in [9.17, 15) is 14.0 Å². The normalized spacial score (nSPS) is 14.4. The average molecular weight is 573 g/mol. The zero-order chi connectivity index (χ0) is 29.3. The van der Waals surface area contributed by atoms with Gasteiger partial charge in [0.25, 0.3) is 0 Å². The summed E-state index contributed by atoms with van der Waals surface area (Å²) in [5, 5.41) is 14.6. The van der Waals surface area contributed by atoms with Crippen LogP contribution in [0.3, 0.4) is 0 Å². The van der Waals surface area contributed by atoms with Gasteiger partial charge in [0.2, 0.25) is 17.6 Å². The summed E-state index contributed by atoms with van der Waals surface area (Å²) in [5.41, 5.74) is -0.380. The van der Waals surface area contributed by atoms with Gasteiger partial charge in [0.1, 0.15) is 36.3 Å². The van der Waals surface area contributed by atoms with Crippen molar-refractivity contribution in [1.82, 2.24) is 4.98 Å². The summed E-state index contributed by atoms with van der Waals surface area (Å²) in [7, 11) is 0. The number of nitrogens with zero attached hydrogens (tertiary/aromatic N) is 2. The maximum atomic E-state index is 15.2. The zero-order valence-electron chi connectivity index (χ0n) is 21.9. The van der Waals surface area contributed by atoms with Crippen molar-refractivity contribution in [2.75, 3.05) is 30.5 Å². The van der Waals surface area contributed by atoms with E-state index in [0.717, 1.165) is 6.07 Å². The van der Waals surface area contributed by atoms with Gasteiger partial charge in [0, 0.05) is 29.7 Å². The Bertz CT molecular complexity index is 1750. The third-order valence-electron chi connectivity index (χ3n) is 6.87. The summed E-state index contributed by atoms with van der Waals surface area (Å²) in [6, 6.07) is 14.1. The van der Waals surface area contributed by atoms with E-state index >= 15 is 4.39 Å². The van der Waals surface area contributed by atoms with Gasteiger partial charge in [0.05, 0.1) is 10.9 Å². The molecule has 1 fully saturated rings. The van der Waals surface area contributed by atoms with Crippen LogP contribution in [0.15, 0.2) is 60.8 Å². The Morgan fingerprint density at radius 3 is 2.29 bits per heavy atom. The van der Waals surface area contributed by atoms with E-state index in [1.54, 1.807) is 12.1 Å². The van der Waals surface area contributed by atoms with Crippen LogP contribution in [-0.4, -0.2) is 36.6 Å². The van der Waals surface area contributed by atoms with Crippen LogP contribution in [0.5, 0.6) is 28.7 Å². The highest BCUT2D eigenvalue weighted by Gasteiger charge is 2.56. The van der Waals surface area contributed by atoms with Gasteiger partial charge >= 0.3 is 0 Å². The number of hydrogen-bond donors (Lipinski definition) is 2. The topological polar surface area (TPSA) is 132 Å². The van der Waals surface area contributed by atoms with Crippen molar-refractivity contribution >= 4 is 34.1 Å². The lowest BCUT2D eigenvalue weighted by molar-refractivity contribution is -0.131. The molecule has 2 aliphatic rings. The molecule has 212 valence electrons. The van der Waals surface area contributed by atoms with Crippen LogP contribution in [0.1, 0.15) is 12.8 Å². The van der Waals surface area contributed by atoms with Crippen molar-refractivity contribution in [2.24, 2.45) is 5.41 Å². The molecule has 0 bridgehead atoms. The maximum absolute atomic E-state index is 15.2. The molecule has 0 radical (unpaired) electrons. The third kappa shape index (κ3) is 5.08. The molecule has 1 aromatic heterocycles. The lowest BCUT2D eigenvalue weighted by Gasteiger charge is -2.23. The molecular formula is C30H22F2N4O6.